The molecule has 1 fully saturated rings. The maximum atomic E-state index is 13.4. The monoisotopic (exact) mass is 447 g/mol. The molecule has 6 heteroatoms. The molecular weight excluding hydrogens is 414 g/mol. The number of hydrogen-bond acceptors (Lipinski definition) is 3. The van der Waals surface area contributed by atoms with Crippen LogP contribution in [0.2, 0.25) is 0 Å². The number of carbonyl (C=O) groups excluding carboxylic acids is 3. The summed E-state index contributed by atoms with van der Waals surface area (Å²) in [6.45, 7) is 10.6. The third kappa shape index (κ3) is 3.92. The van der Waals surface area contributed by atoms with Crippen molar-refractivity contribution in [2.24, 2.45) is 0 Å². The van der Waals surface area contributed by atoms with Gasteiger partial charge in [0.2, 0.25) is 11.8 Å². The normalized spacial score (nSPS) is 19.8. The van der Waals surface area contributed by atoms with Crippen LogP contribution in [0.3, 0.4) is 0 Å². The van der Waals surface area contributed by atoms with E-state index in [-0.39, 0.29) is 42.5 Å². The first-order chi connectivity index (χ1) is 15.6. The Morgan fingerprint density at radius 2 is 1.64 bits per heavy atom. The number of anilines is 2. The van der Waals surface area contributed by atoms with Gasteiger partial charge in [0.25, 0.3) is 5.91 Å². The molecule has 174 valence electrons. The zero-order valence-corrected chi connectivity index (χ0v) is 20.1. The van der Waals surface area contributed by atoms with E-state index in [1.807, 2.05) is 25.1 Å². The highest BCUT2D eigenvalue weighted by molar-refractivity contribution is 6.10. The molecule has 2 aromatic carbocycles. The van der Waals surface area contributed by atoms with Gasteiger partial charge in [0.05, 0.1) is 11.3 Å². The minimum Gasteiger partial charge on any atom is -0.326 e. The third-order valence-electron chi connectivity index (χ3n) is 6.95. The zero-order chi connectivity index (χ0) is 23.9. The summed E-state index contributed by atoms with van der Waals surface area (Å²) < 4.78 is 0. The van der Waals surface area contributed by atoms with Crippen LogP contribution in [0, 0.1) is 0 Å². The molecule has 0 radical (unpaired) electrons. The molecule has 0 saturated carbocycles. The second kappa shape index (κ2) is 8.65. The van der Waals surface area contributed by atoms with Crippen molar-refractivity contribution in [1.29, 1.82) is 0 Å². The quantitative estimate of drug-likeness (QED) is 0.657. The van der Waals surface area contributed by atoms with Crippen molar-refractivity contribution in [1.82, 2.24) is 4.90 Å². The van der Waals surface area contributed by atoms with Crippen molar-refractivity contribution in [2.45, 2.75) is 71.4 Å². The van der Waals surface area contributed by atoms with E-state index in [2.05, 4.69) is 45.1 Å². The summed E-state index contributed by atoms with van der Waals surface area (Å²) in [5, 5.41) is 3.14. The van der Waals surface area contributed by atoms with Gasteiger partial charge in [-0.15, -0.1) is 0 Å². The van der Waals surface area contributed by atoms with E-state index in [4.69, 9.17) is 0 Å². The fourth-order valence-corrected chi connectivity index (χ4v) is 5.15. The van der Waals surface area contributed by atoms with Crippen molar-refractivity contribution in [3.8, 4) is 0 Å². The summed E-state index contributed by atoms with van der Waals surface area (Å²) >= 11 is 0. The minimum atomic E-state index is -0.748. The van der Waals surface area contributed by atoms with E-state index in [9.17, 15) is 14.4 Å². The molecule has 4 rings (SSSR count). The molecule has 2 aliphatic rings. The second-order valence-electron chi connectivity index (χ2n) is 9.84. The summed E-state index contributed by atoms with van der Waals surface area (Å²) in [6.07, 6.45) is 1.11. The molecule has 3 amide bonds. The molecule has 2 aromatic rings. The Hall–Kier alpha value is -3.15. The third-order valence-corrected chi connectivity index (χ3v) is 6.95. The van der Waals surface area contributed by atoms with Crippen molar-refractivity contribution in [3.63, 3.8) is 0 Å². The number of fused-ring (bicyclic) bond motifs is 3. The van der Waals surface area contributed by atoms with Gasteiger partial charge in [0.1, 0.15) is 5.66 Å². The maximum absolute atomic E-state index is 13.4. The van der Waals surface area contributed by atoms with Gasteiger partial charge in [-0.3, -0.25) is 19.3 Å². The molecule has 0 bridgehead atoms. The fraction of sp³-hybridized carbons (Fsp3) is 0.444. The number of para-hydroxylation sites is 2. The molecular formula is C27H33N3O3. The average molecular weight is 448 g/mol. The molecule has 2 aliphatic heterocycles. The van der Waals surface area contributed by atoms with Gasteiger partial charge in [-0.05, 0) is 48.4 Å². The number of hydrogen-bond donors (Lipinski definition) is 1. The smallest absolute Gasteiger partial charge is 0.257 e. The van der Waals surface area contributed by atoms with Gasteiger partial charge in [-0.25, -0.2) is 0 Å². The Morgan fingerprint density at radius 3 is 2.27 bits per heavy atom. The Balaban J connectivity index is 1.57. The Labute approximate surface area is 196 Å². The Kier molecular flexibility index (Phi) is 6.04. The van der Waals surface area contributed by atoms with E-state index < -0.39 is 5.66 Å². The number of nitrogens with one attached hydrogen (secondary N) is 1. The largest absolute Gasteiger partial charge is 0.326 e. The molecule has 1 atom stereocenters. The SMILES string of the molecule is CC(C)c1cccc(C(C)C)c1NC(=O)CCN1C(=O)c2ccccc2N2C(=O)CCC12C. The van der Waals surface area contributed by atoms with Crippen LogP contribution in [-0.2, 0) is 9.59 Å². The number of benzene rings is 2. The summed E-state index contributed by atoms with van der Waals surface area (Å²) in [5.41, 5.74) is 3.53. The highest BCUT2D eigenvalue weighted by Crippen LogP contribution is 2.44. The molecule has 6 nitrogen and oxygen atoms in total. The Morgan fingerprint density at radius 1 is 1.00 bits per heavy atom. The highest BCUT2D eigenvalue weighted by atomic mass is 16.2. The van der Waals surface area contributed by atoms with Crippen molar-refractivity contribution in [2.75, 3.05) is 16.8 Å². The van der Waals surface area contributed by atoms with Crippen LogP contribution in [0.5, 0.6) is 0 Å². The van der Waals surface area contributed by atoms with Crippen LogP contribution in [0.15, 0.2) is 42.5 Å². The minimum absolute atomic E-state index is 0.0133. The fourth-order valence-electron chi connectivity index (χ4n) is 5.15. The highest BCUT2D eigenvalue weighted by Gasteiger charge is 2.52. The number of rotatable bonds is 6. The van der Waals surface area contributed by atoms with Crippen molar-refractivity contribution < 1.29 is 14.4 Å². The van der Waals surface area contributed by atoms with Gasteiger partial charge < -0.3 is 10.2 Å². The first-order valence-corrected chi connectivity index (χ1v) is 11.8. The average Bonchev–Trinajstić information content (AvgIpc) is 3.08. The molecule has 33 heavy (non-hydrogen) atoms. The lowest BCUT2D eigenvalue weighted by Gasteiger charge is -2.48. The summed E-state index contributed by atoms with van der Waals surface area (Å²) in [5.74, 6) is 0.306. The number of carbonyl (C=O) groups is 3. The molecule has 0 aromatic heterocycles. The van der Waals surface area contributed by atoms with E-state index >= 15 is 0 Å². The van der Waals surface area contributed by atoms with Gasteiger partial charge >= 0.3 is 0 Å². The van der Waals surface area contributed by atoms with Crippen LogP contribution in [-0.4, -0.2) is 34.8 Å². The van der Waals surface area contributed by atoms with Gasteiger partial charge in [0, 0.05) is 25.1 Å². The predicted octanol–water partition coefficient (Wildman–Crippen LogP) is 5.26. The number of amides is 3. The van der Waals surface area contributed by atoms with E-state index in [1.165, 1.54) is 0 Å². The van der Waals surface area contributed by atoms with Crippen molar-refractivity contribution >= 4 is 29.1 Å². The van der Waals surface area contributed by atoms with Crippen LogP contribution in [0.4, 0.5) is 11.4 Å². The molecule has 1 saturated heterocycles. The zero-order valence-electron chi connectivity index (χ0n) is 20.1. The van der Waals surface area contributed by atoms with Crippen LogP contribution >= 0.6 is 0 Å². The Bertz CT molecular complexity index is 1080. The molecule has 1 N–H and O–H groups in total. The lowest BCUT2D eigenvalue weighted by molar-refractivity contribution is -0.117. The molecule has 0 aliphatic carbocycles. The predicted molar refractivity (Wildman–Crippen MR) is 130 cm³/mol. The molecule has 0 spiro atoms. The summed E-state index contributed by atoms with van der Waals surface area (Å²) in [4.78, 5) is 42.6. The van der Waals surface area contributed by atoms with Gasteiger partial charge in [0.15, 0.2) is 0 Å². The van der Waals surface area contributed by atoms with Crippen LogP contribution in [0.1, 0.15) is 87.2 Å². The van der Waals surface area contributed by atoms with E-state index in [1.54, 1.807) is 21.9 Å². The molecule has 1 unspecified atom stereocenters. The topological polar surface area (TPSA) is 69.7 Å². The maximum Gasteiger partial charge on any atom is 0.257 e. The summed E-state index contributed by atoms with van der Waals surface area (Å²) in [7, 11) is 0. The van der Waals surface area contributed by atoms with Gasteiger partial charge in [-0.2, -0.15) is 0 Å². The van der Waals surface area contributed by atoms with E-state index in [0.29, 0.717) is 24.1 Å². The van der Waals surface area contributed by atoms with Gasteiger partial charge in [-0.1, -0.05) is 58.0 Å². The standard InChI is InChI=1S/C27H33N3O3/c1-17(2)19-10-8-11-20(18(3)4)25(19)28-23(31)14-16-29-26(33)21-9-6-7-12-22(21)30-24(32)13-15-27(29,30)5/h6-12,17-18H,13-16H2,1-5H3,(H,28,31). The lowest BCUT2D eigenvalue weighted by Crippen LogP contribution is -2.62. The molecule has 2 heterocycles. The lowest BCUT2D eigenvalue weighted by atomic mass is 9.92. The second-order valence-corrected chi connectivity index (χ2v) is 9.84. The van der Waals surface area contributed by atoms with Crippen molar-refractivity contribution in [3.05, 3.63) is 59.2 Å². The number of nitrogens with zero attached hydrogens (tertiary/aromatic N) is 2. The first kappa shape index (κ1) is 23.0. The van der Waals surface area contributed by atoms with E-state index in [0.717, 1.165) is 16.8 Å². The van der Waals surface area contributed by atoms with Crippen LogP contribution in [0.25, 0.3) is 0 Å². The summed E-state index contributed by atoms with van der Waals surface area (Å²) in [6, 6.07) is 13.4. The van der Waals surface area contributed by atoms with Crippen LogP contribution < -0.4 is 10.2 Å². The first-order valence-electron chi connectivity index (χ1n) is 11.8.